The van der Waals surface area contributed by atoms with Crippen LogP contribution in [-0.2, 0) is 28.8 Å². The molecule has 0 rings (SSSR count). The highest BCUT2D eigenvalue weighted by atomic mass is 32.2. The number of thioether (sulfide) groups is 1. The molecule has 0 aliphatic carbocycles. The van der Waals surface area contributed by atoms with Crippen molar-refractivity contribution in [1.29, 1.82) is 0 Å². The largest absolute Gasteiger partial charge is 0.481 e. The Balaban J connectivity index is 5.53. The van der Waals surface area contributed by atoms with Gasteiger partial charge in [0.1, 0.15) is 18.1 Å². The smallest absolute Gasteiger partial charge is 0.326 e. The Bertz CT molecular complexity index is 750. The maximum atomic E-state index is 12.8. The van der Waals surface area contributed by atoms with E-state index in [0.717, 1.165) is 0 Å². The fourth-order valence-corrected chi connectivity index (χ4v) is 3.29. The van der Waals surface area contributed by atoms with Crippen LogP contribution in [0, 0.1) is 5.92 Å². The predicted molar refractivity (Wildman–Crippen MR) is 125 cm³/mol. The van der Waals surface area contributed by atoms with Gasteiger partial charge in [0.2, 0.25) is 23.6 Å². The van der Waals surface area contributed by atoms with Gasteiger partial charge in [-0.2, -0.15) is 11.8 Å². The molecule has 9 N–H and O–H groups in total. The van der Waals surface area contributed by atoms with Crippen LogP contribution in [0.1, 0.15) is 46.0 Å². The van der Waals surface area contributed by atoms with Crippen molar-refractivity contribution in [2.24, 2.45) is 17.4 Å². The van der Waals surface area contributed by atoms with Gasteiger partial charge in [-0.1, -0.05) is 20.3 Å². The lowest BCUT2D eigenvalue weighted by atomic mass is 9.97. The van der Waals surface area contributed by atoms with E-state index >= 15 is 0 Å². The number of aliphatic carboxylic acids is 2. The van der Waals surface area contributed by atoms with Crippen LogP contribution in [0.2, 0.25) is 0 Å². The summed E-state index contributed by atoms with van der Waals surface area (Å²) in [5.41, 5.74) is 10.8. The van der Waals surface area contributed by atoms with Crippen LogP contribution in [0.25, 0.3) is 0 Å². The molecule has 0 saturated heterocycles. The zero-order chi connectivity index (χ0) is 26.4. The zero-order valence-corrected chi connectivity index (χ0v) is 20.4. The Hall–Kier alpha value is -2.87. The lowest BCUT2D eigenvalue weighted by molar-refractivity contribution is -0.144. The minimum Gasteiger partial charge on any atom is -0.481 e. The molecule has 0 bridgehead atoms. The van der Waals surface area contributed by atoms with E-state index in [-0.39, 0.29) is 12.8 Å². The second-order valence-corrected chi connectivity index (χ2v) is 8.81. The fraction of sp³-hybridized carbons (Fsp3) is 0.700. The first-order valence-electron chi connectivity index (χ1n) is 10.7. The Morgan fingerprint density at radius 2 is 1.50 bits per heavy atom. The average molecular weight is 506 g/mol. The van der Waals surface area contributed by atoms with Crippen LogP contribution in [0.4, 0.5) is 0 Å². The van der Waals surface area contributed by atoms with Crippen LogP contribution >= 0.6 is 11.8 Å². The molecule has 0 saturated carbocycles. The summed E-state index contributed by atoms with van der Waals surface area (Å²) >= 11 is 1.47. The van der Waals surface area contributed by atoms with Crippen molar-refractivity contribution < 1.29 is 39.0 Å². The first kappa shape index (κ1) is 31.1. The number of primary amides is 1. The minimum atomic E-state index is -1.50. The van der Waals surface area contributed by atoms with E-state index in [1.54, 1.807) is 13.8 Å². The van der Waals surface area contributed by atoms with Gasteiger partial charge in [0.05, 0.1) is 12.5 Å². The number of nitrogens with one attached hydrogen (secondary N) is 3. The SMILES string of the molecule is CCC(C)C(NC(=O)C(CC(=O)O)NC(=O)C(N)CCSC)C(=O)NC(CCC(N)=O)C(=O)O. The van der Waals surface area contributed by atoms with Gasteiger partial charge in [0.15, 0.2) is 0 Å². The van der Waals surface area contributed by atoms with Gasteiger partial charge in [-0.25, -0.2) is 4.79 Å². The van der Waals surface area contributed by atoms with Crippen LogP contribution in [-0.4, -0.2) is 82.0 Å². The van der Waals surface area contributed by atoms with Gasteiger partial charge in [0.25, 0.3) is 0 Å². The second kappa shape index (κ2) is 15.9. The minimum absolute atomic E-state index is 0.247. The molecule has 34 heavy (non-hydrogen) atoms. The maximum absolute atomic E-state index is 12.8. The number of hydrogen-bond donors (Lipinski definition) is 7. The molecule has 0 aromatic heterocycles. The number of hydrogen-bond acceptors (Lipinski definition) is 8. The molecule has 0 aliphatic heterocycles. The standard InChI is InChI=1S/C20H35N5O8S/c1-4-10(2)16(19(31)23-12(20(32)33)5-6-14(22)26)25-18(30)13(9-15(27)28)24-17(29)11(21)7-8-34-3/h10-13,16H,4-9,21H2,1-3H3,(H2,22,26)(H,23,31)(H,24,29)(H,25,30)(H,27,28)(H,32,33). The van der Waals surface area contributed by atoms with Crippen LogP contribution in [0.15, 0.2) is 0 Å². The molecular formula is C20H35N5O8S. The third-order valence-electron chi connectivity index (χ3n) is 5.07. The van der Waals surface area contributed by atoms with Crippen molar-refractivity contribution in [1.82, 2.24) is 16.0 Å². The summed E-state index contributed by atoms with van der Waals surface area (Å²) in [6.07, 6.45) is 1.28. The number of amides is 4. The summed E-state index contributed by atoms with van der Waals surface area (Å²) in [6.45, 7) is 3.37. The molecule has 0 aromatic rings. The molecule has 0 heterocycles. The molecule has 13 nitrogen and oxygen atoms in total. The first-order valence-corrected chi connectivity index (χ1v) is 12.1. The summed E-state index contributed by atoms with van der Waals surface area (Å²) in [7, 11) is 0. The van der Waals surface area contributed by atoms with Crippen molar-refractivity contribution in [3.63, 3.8) is 0 Å². The second-order valence-electron chi connectivity index (χ2n) is 7.82. The van der Waals surface area contributed by atoms with Crippen LogP contribution < -0.4 is 27.4 Å². The zero-order valence-electron chi connectivity index (χ0n) is 19.5. The van der Waals surface area contributed by atoms with E-state index in [0.29, 0.717) is 18.6 Å². The molecule has 0 spiro atoms. The normalized spacial score (nSPS) is 15.2. The fourth-order valence-electron chi connectivity index (χ4n) is 2.80. The molecule has 194 valence electrons. The summed E-state index contributed by atoms with van der Waals surface area (Å²) in [6, 6.07) is -5.11. The number of rotatable bonds is 17. The number of nitrogens with two attached hydrogens (primary N) is 2. The summed E-state index contributed by atoms with van der Waals surface area (Å²) in [5, 5.41) is 25.5. The van der Waals surface area contributed by atoms with Gasteiger partial charge in [-0.05, 0) is 30.8 Å². The molecule has 14 heteroatoms. The van der Waals surface area contributed by atoms with Crippen molar-refractivity contribution in [3.05, 3.63) is 0 Å². The molecule has 4 amide bonds. The molecule has 0 aliphatic rings. The quantitative estimate of drug-likeness (QED) is 0.119. The Kier molecular flexibility index (Phi) is 14.5. The topological polar surface area (TPSA) is 231 Å². The lowest BCUT2D eigenvalue weighted by Crippen LogP contribution is -2.59. The lowest BCUT2D eigenvalue weighted by Gasteiger charge is -2.27. The van der Waals surface area contributed by atoms with E-state index < -0.39 is 72.1 Å². The number of carbonyl (C=O) groups excluding carboxylic acids is 4. The molecule has 0 fully saturated rings. The molecule has 0 aromatic carbocycles. The Labute approximate surface area is 202 Å². The predicted octanol–water partition coefficient (Wildman–Crippen LogP) is -1.61. The Morgan fingerprint density at radius 1 is 0.912 bits per heavy atom. The number of carboxylic acids is 2. The third-order valence-corrected chi connectivity index (χ3v) is 5.71. The van der Waals surface area contributed by atoms with Gasteiger partial charge < -0.3 is 37.6 Å². The monoisotopic (exact) mass is 505 g/mol. The van der Waals surface area contributed by atoms with E-state index in [2.05, 4.69) is 16.0 Å². The summed E-state index contributed by atoms with van der Waals surface area (Å²) in [5.74, 6) is -5.86. The van der Waals surface area contributed by atoms with Crippen molar-refractivity contribution in [2.75, 3.05) is 12.0 Å². The van der Waals surface area contributed by atoms with E-state index in [1.807, 2.05) is 6.26 Å². The van der Waals surface area contributed by atoms with Crippen molar-refractivity contribution in [3.8, 4) is 0 Å². The van der Waals surface area contributed by atoms with Crippen LogP contribution in [0.3, 0.4) is 0 Å². The summed E-state index contributed by atoms with van der Waals surface area (Å²) in [4.78, 5) is 71.6. The van der Waals surface area contributed by atoms with Crippen molar-refractivity contribution >= 4 is 47.3 Å². The van der Waals surface area contributed by atoms with Gasteiger partial charge in [-0.15, -0.1) is 0 Å². The van der Waals surface area contributed by atoms with E-state index in [1.165, 1.54) is 11.8 Å². The molecule has 5 unspecified atom stereocenters. The number of carboxylic acid groups (broad SMARTS) is 2. The van der Waals surface area contributed by atoms with Gasteiger partial charge >= 0.3 is 11.9 Å². The highest BCUT2D eigenvalue weighted by Gasteiger charge is 2.33. The third kappa shape index (κ3) is 11.8. The highest BCUT2D eigenvalue weighted by molar-refractivity contribution is 7.98. The molecule has 5 atom stereocenters. The van der Waals surface area contributed by atoms with Crippen molar-refractivity contribution in [2.45, 2.75) is 70.1 Å². The van der Waals surface area contributed by atoms with E-state index in [9.17, 15) is 33.9 Å². The average Bonchev–Trinajstić information content (AvgIpc) is 2.76. The van der Waals surface area contributed by atoms with Gasteiger partial charge in [0, 0.05) is 6.42 Å². The van der Waals surface area contributed by atoms with Crippen LogP contribution in [0.5, 0.6) is 0 Å². The van der Waals surface area contributed by atoms with Gasteiger partial charge in [-0.3, -0.25) is 24.0 Å². The molecule has 0 radical (unpaired) electrons. The first-order chi connectivity index (χ1) is 15.8. The molecular weight excluding hydrogens is 470 g/mol. The number of carbonyl (C=O) groups is 6. The maximum Gasteiger partial charge on any atom is 0.326 e. The summed E-state index contributed by atoms with van der Waals surface area (Å²) < 4.78 is 0. The highest BCUT2D eigenvalue weighted by Crippen LogP contribution is 2.11. The Morgan fingerprint density at radius 3 is 1.97 bits per heavy atom. The van der Waals surface area contributed by atoms with E-state index in [4.69, 9.17) is 16.6 Å².